The van der Waals surface area contributed by atoms with Gasteiger partial charge in [-0.05, 0) is 42.3 Å². The van der Waals surface area contributed by atoms with Gasteiger partial charge in [-0.2, -0.15) is 5.26 Å². The highest BCUT2D eigenvalue weighted by Gasteiger charge is 2.29. The van der Waals surface area contributed by atoms with Gasteiger partial charge in [-0.1, -0.05) is 12.1 Å². The molecule has 0 saturated carbocycles. The Balaban J connectivity index is 1.57. The lowest BCUT2D eigenvalue weighted by molar-refractivity contribution is 0.0576. The minimum Gasteiger partial charge on any atom is -0.496 e. The molecule has 0 aliphatic heterocycles. The Morgan fingerprint density at radius 3 is 2.44 bits per heavy atom. The zero-order valence-electron chi connectivity index (χ0n) is 19.2. The summed E-state index contributed by atoms with van der Waals surface area (Å²) in [4.78, 5) is 13.2. The summed E-state index contributed by atoms with van der Waals surface area (Å²) in [6.45, 7) is 1.72. The normalized spacial score (nSPS) is 16.6. The molecule has 1 aliphatic rings. The summed E-state index contributed by atoms with van der Waals surface area (Å²) < 4.78 is 27.5. The smallest absolute Gasteiger partial charge is 0.247 e. The number of allylic oxidation sites excluding steroid dienone is 3. The predicted octanol–water partition coefficient (Wildman–Crippen LogP) is 4.64. The molecular weight excluding hydrogens is 438 g/mol. The Hall–Kier alpha value is -4.16. The van der Waals surface area contributed by atoms with Crippen LogP contribution in [0.3, 0.4) is 0 Å². The summed E-state index contributed by atoms with van der Waals surface area (Å²) in [7, 11) is 4.47. The van der Waals surface area contributed by atoms with Crippen LogP contribution < -0.4 is 0 Å². The Labute approximate surface area is 196 Å². The van der Waals surface area contributed by atoms with Crippen LogP contribution in [0.5, 0.6) is 0 Å². The number of Topliss-reactive ketones (excluding diaryl/α,β-unsaturated/α-hetero) is 1. The quantitative estimate of drug-likeness (QED) is 0.442. The first-order chi connectivity index (χ1) is 16.5. The van der Waals surface area contributed by atoms with Crippen molar-refractivity contribution in [2.45, 2.75) is 19.4 Å². The summed E-state index contributed by atoms with van der Waals surface area (Å²) in [6.07, 6.45) is 1.27. The maximum absolute atomic E-state index is 13.2. The van der Waals surface area contributed by atoms with Crippen LogP contribution in [-0.4, -0.2) is 37.3 Å². The van der Waals surface area contributed by atoms with E-state index >= 15 is 0 Å². The van der Waals surface area contributed by atoms with Crippen LogP contribution in [0, 0.1) is 24.2 Å². The SMILES string of the molecule is COC1=C(OC)C(C#N)CC(c2ccc(C(=O)C(OC)c3ccc(-c4nnc(C)o4)cc3)o2)=C1. The molecule has 2 aromatic heterocycles. The van der Waals surface area contributed by atoms with E-state index < -0.39 is 12.0 Å². The number of rotatable bonds is 8. The van der Waals surface area contributed by atoms with Crippen molar-refractivity contribution in [2.75, 3.05) is 21.3 Å². The molecule has 9 heteroatoms. The zero-order chi connectivity index (χ0) is 24.2. The van der Waals surface area contributed by atoms with E-state index in [1.807, 2.05) is 0 Å². The zero-order valence-corrected chi connectivity index (χ0v) is 19.2. The molecule has 0 saturated heterocycles. The van der Waals surface area contributed by atoms with Crippen molar-refractivity contribution in [3.8, 4) is 17.5 Å². The number of benzene rings is 1. The third kappa shape index (κ3) is 4.36. The largest absolute Gasteiger partial charge is 0.496 e. The highest BCUT2D eigenvalue weighted by atomic mass is 16.5. The summed E-state index contributed by atoms with van der Waals surface area (Å²) >= 11 is 0. The van der Waals surface area contributed by atoms with Gasteiger partial charge in [-0.15, -0.1) is 10.2 Å². The molecule has 0 radical (unpaired) electrons. The van der Waals surface area contributed by atoms with Gasteiger partial charge in [-0.3, -0.25) is 4.79 Å². The van der Waals surface area contributed by atoms with Gasteiger partial charge in [0.15, 0.2) is 17.3 Å². The first-order valence-corrected chi connectivity index (χ1v) is 10.5. The molecule has 0 amide bonds. The van der Waals surface area contributed by atoms with Crippen LogP contribution in [0.1, 0.15) is 40.3 Å². The molecule has 2 heterocycles. The number of ether oxygens (including phenoxy) is 3. The van der Waals surface area contributed by atoms with Gasteiger partial charge in [0.25, 0.3) is 0 Å². The van der Waals surface area contributed by atoms with Crippen molar-refractivity contribution in [3.63, 3.8) is 0 Å². The van der Waals surface area contributed by atoms with Crippen LogP contribution >= 0.6 is 0 Å². The summed E-state index contributed by atoms with van der Waals surface area (Å²) in [6, 6.07) is 12.6. The van der Waals surface area contributed by atoms with E-state index in [2.05, 4.69) is 16.3 Å². The van der Waals surface area contributed by atoms with Crippen LogP contribution in [-0.2, 0) is 14.2 Å². The second-order valence-electron chi connectivity index (χ2n) is 7.58. The molecule has 0 spiro atoms. The number of hydrogen-bond acceptors (Lipinski definition) is 9. The summed E-state index contributed by atoms with van der Waals surface area (Å²) in [5.74, 6) is 1.57. The number of carbonyl (C=O) groups is 1. The van der Waals surface area contributed by atoms with Crippen molar-refractivity contribution in [1.82, 2.24) is 10.2 Å². The minimum atomic E-state index is -0.862. The third-order valence-corrected chi connectivity index (χ3v) is 5.51. The molecule has 0 bridgehead atoms. The van der Waals surface area contributed by atoms with E-state index in [0.717, 1.165) is 11.1 Å². The van der Waals surface area contributed by atoms with E-state index in [1.54, 1.807) is 49.4 Å². The van der Waals surface area contributed by atoms with E-state index in [9.17, 15) is 10.1 Å². The fourth-order valence-corrected chi connectivity index (χ4v) is 3.83. The third-order valence-electron chi connectivity index (χ3n) is 5.51. The van der Waals surface area contributed by atoms with E-state index in [4.69, 9.17) is 23.0 Å². The maximum Gasteiger partial charge on any atom is 0.247 e. The fourth-order valence-electron chi connectivity index (χ4n) is 3.83. The lowest BCUT2D eigenvalue weighted by Gasteiger charge is -2.21. The molecular formula is C25H23N3O6. The molecule has 1 aliphatic carbocycles. The van der Waals surface area contributed by atoms with Crippen molar-refractivity contribution in [2.24, 2.45) is 5.92 Å². The molecule has 9 nitrogen and oxygen atoms in total. The Kier molecular flexibility index (Phi) is 6.61. The standard InChI is InChI=1S/C25H23N3O6/c1-14-27-28-25(33-14)16-7-5-15(6-8-16)24(32-4)22(29)20-10-9-19(34-20)17-11-18(13-26)23(31-3)21(12-17)30-2/h5-10,12,18,24H,11H2,1-4H3. The van der Waals surface area contributed by atoms with Gasteiger partial charge in [0.05, 0.1) is 20.3 Å². The predicted molar refractivity (Wildman–Crippen MR) is 120 cm³/mol. The number of aryl methyl sites for hydroxylation is 1. The minimum absolute atomic E-state index is 0.147. The highest BCUT2D eigenvalue weighted by molar-refractivity contribution is 5.98. The Morgan fingerprint density at radius 1 is 1.09 bits per heavy atom. The molecule has 2 atom stereocenters. The number of furan rings is 1. The van der Waals surface area contributed by atoms with Crippen molar-refractivity contribution < 1.29 is 27.8 Å². The van der Waals surface area contributed by atoms with Gasteiger partial charge in [-0.25, -0.2) is 0 Å². The number of carbonyl (C=O) groups excluding carboxylic acids is 1. The molecule has 34 heavy (non-hydrogen) atoms. The van der Waals surface area contributed by atoms with Gasteiger partial charge < -0.3 is 23.0 Å². The first kappa shape index (κ1) is 23.0. The van der Waals surface area contributed by atoms with Crippen molar-refractivity contribution >= 4 is 11.4 Å². The highest BCUT2D eigenvalue weighted by Crippen LogP contribution is 2.36. The van der Waals surface area contributed by atoms with Crippen LogP contribution in [0.15, 0.2) is 62.8 Å². The van der Waals surface area contributed by atoms with Crippen LogP contribution in [0.25, 0.3) is 17.0 Å². The van der Waals surface area contributed by atoms with Gasteiger partial charge in [0.2, 0.25) is 17.6 Å². The molecule has 0 N–H and O–H groups in total. The number of nitrogens with zero attached hydrogens (tertiary/aromatic N) is 3. The number of ketones is 1. The second-order valence-corrected chi connectivity index (χ2v) is 7.58. The lowest BCUT2D eigenvalue weighted by Crippen LogP contribution is -2.14. The molecule has 4 rings (SSSR count). The fraction of sp³-hybridized carbons (Fsp3) is 0.280. The monoisotopic (exact) mass is 461 g/mol. The average molecular weight is 461 g/mol. The van der Waals surface area contributed by atoms with E-state index in [0.29, 0.717) is 41.0 Å². The number of nitriles is 1. The van der Waals surface area contributed by atoms with Crippen molar-refractivity contribution in [1.29, 1.82) is 5.26 Å². The topological polar surface area (TPSA) is 121 Å². The van der Waals surface area contributed by atoms with Gasteiger partial charge >= 0.3 is 0 Å². The Bertz CT molecular complexity index is 1290. The lowest BCUT2D eigenvalue weighted by atomic mass is 9.91. The van der Waals surface area contributed by atoms with Crippen molar-refractivity contribution in [3.05, 3.63) is 77.0 Å². The van der Waals surface area contributed by atoms with E-state index in [-0.39, 0.29) is 11.5 Å². The number of methoxy groups -OCH3 is 3. The molecule has 0 fully saturated rings. The first-order valence-electron chi connectivity index (χ1n) is 10.5. The van der Waals surface area contributed by atoms with Crippen LogP contribution in [0.4, 0.5) is 0 Å². The van der Waals surface area contributed by atoms with Crippen LogP contribution in [0.2, 0.25) is 0 Å². The molecule has 3 aromatic rings. The van der Waals surface area contributed by atoms with Gasteiger partial charge in [0, 0.05) is 25.2 Å². The number of hydrogen-bond donors (Lipinski definition) is 0. The summed E-state index contributed by atoms with van der Waals surface area (Å²) in [5, 5.41) is 17.4. The van der Waals surface area contributed by atoms with Gasteiger partial charge in [0.1, 0.15) is 17.8 Å². The Morgan fingerprint density at radius 2 is 1.85 bits per heavy atom. The molecule has 2 unspecified atom stereocenters. The summed E-state index contributed by atoms with van der Waals surface area (Å²) in [5.41, 5.74) is 2.12. The second kappa shape index (κ2) is 9.77. The number of aromatic nitrogens is 2. The maximum atomic E-state index is 13.2. The van der Waals surface area contributed by atoms with E-state index in [1.165, 1.54) is 21.3 Å². The average Bonchev–Trinajstić information content (AvgIpc) is 3.53. The molecule has 174 valence electrons. The molecule has 1 aromatic carbocycles.